The fraction of sp³-hybridized carbons (Fsp3) is 0. The maximum Gasteiger partial charge on any atom is 0.221 e. The Hall–Kier alpha value is -0.840. The van der Waals surface area contributed by atoms with Crippen molar-refractivity contribution in [2.24, 2.45) is 0 Å². The van der Waals surface area contributed by atoms with Crippen LogP contribution >= 0.6 is 0 Å². The maximum absolute atomic E-state index is 8.62. The molecular formula is C2O2. The Morgan fingerprint density at radius 1 is 1.00 bits per heavy atom. The molecule has 0 saturated heterocycles. The molecule has 0 aromatic rings. The molecular weight excluding hydrogens is 56.0 g/mol. The van der Waals surface area contributed by atoms with Crippen molar-refractivity contribution in [2.45, 2.75) is 0 Å². The molecule has 0 heterocycles. The first kappa shape index (κ1) is 3.16. The molecule has 4 heavy (non-hydrogen) atoms. The summed E-state index contributed by atoms with van der Waals surface area (Å²) in [5.74, 6) is 1.75. The van der Waals surface area contributed by atoms with Crippen molar-refractivity contribution in [1.82, 2.24) is 0 Å². The van der Waals surface area contributed by atoms with Crippen molar-refractivity contribution in [3.05, 3.63) is 0 Å². The second-order valence-corrected chi connectivity index (χ2v) is 0.204. The molecule has 0 atom stereocenters. The molecule has 0 unspecified atom stereocenters. The molecule has 2 nitrogen and oxygen atoms in total. The van der Waals surface area contributed by atoms with Crippen molar-refractivity contribution >= 4 is 11.9 Å². The molecule has 0 amide bonds. The molecule has 0 spiro atoms. The Morgan fingerprint density at radius 2 is 1.25 bits per heavy atom. The fourth-order valence-electron chi connectivity index (χ4n) is 0. The molecule has 0 aliphatic heterocycles. The maximum atomic E-state index is 8.62. The monoisotopic (exact) mass is 56.0 g/mol. The van der Waals surface area contributed by atoms with Gasteiger partial charge in [-0.2, -0.15) is 0 Å². The third-order valence-electron chi connectivity index (χ3n) is 0.0417. The number of rotatable bonds is 0. The molecule has 2 heteroatoms. The van der Waals surface area contributed by atoms with E-state index in [2.05, 4.69) is 0 Å². The molecule has 0 N–H and O–H groups in total. The Bertz CT molecular complexity index is 54.1. The van der Waals surface area contributed by atoms with Crippen LogP contribution < -0.4 is 0 Å². The molecule has 0 fully saturated rings. The number of hydrogen-bond donors (Lipinski definition) is 0. The van der Waals surface area contributed by atoms with Gasteiger partial charge in [0.05, 0.1) is 0 Å². The highest BCUT2D eigenvalue weighted by molar-refractivity contribution is 5.81. The first-order chi connectivity index (χ1) is 1.91. The highest BCUT2D eigenvalue weighted by Gasteiger charge is 1.27. The Balaban J connectivity index is 3.95. The quantitative estimate of drug-likeness (QED) is 0.341. The van der Waals surface area contributed by atoms with Crippen LogP contribution in [0.25, 0.3) is 0 Å². The van der Waals surface area contributed by atoms with E-state index in [9.17, 15) is 0 Å². The predicted octanol–water partition coefficient (Wildman–Crippen LogP) is -0.794. The molecule has 0 aliphatic rings. The van der Waals surface area contributed by atoms with E-state index >= 15 is 0 Å². The molecule has 20 valence electrons. The second kappa shape index (κ2) is 2.16. The minimum atomic E-state index is 0.875. The van der Waals surface area contributed by atoms with Gasteiger partial charge < -0.3 is 0 Å². The zero-order valence-electron chi connectivity index (χ0n) is 1.82. The van der Waals surface area contributed by atoms with Gasteiger partial charge in [-0.05, 0) is 0 Å². The van der Waals surface area contributed by atoms with E-state index in [1.807, 2.05) is 0 Å². The lowest BCUT2D eigenvalue weighted by atomic mass is 11.2. The molecule has 0 saturated carbocycles. The topological polar surface area (TPSA) is 34.1 Å². The van der Waals surface area contributed by atoms with Crippen LogP contribution in [-0.4, -0.2) is 11.9 Å². The lowest BCUT2D eigenvalue weighted by Gasteiger charge is -1.07. The van der Waals surface area contributed by atoms with E-state index in [4.69, 9.17) is 9.59 Å². The van der Waals surface area contributed by atoms with Crippen molar-refractivity contribution in [3.63, 3.8) is 0 Å². The van der Waals surface area contributed by atoms with Crippen LogP contribution in [0, 0.1) is 0 Å². The average Bonchev–Trinajstić information content (AvgIpc) is 1.37. The smallest absolute Gasteiger partial charge is 0.221 e. The summed E-state index contributed by atoms with van der Waals surface area (Å²) in [5.41, 5.74) is 0. The molecule has 0 aliphatic carbocycles. The summed E-state index contributed by atoms with van der Waals surface area (Å²) < 4.78 is 0. The minimum absolute atomic E-state index is 0.875. The molecule has 0 rings (SSSR count). The van der Waals surface area contributed by atoms with Crippen LogP contribution in [0.5, 0.6) is 0 Å². The van der Waals surface area contributed by atoms with Crippen LogP contribution in [0.2, 0.25) is 0 Å². The van der Waals surface area contributed by atoms with E-state index in [1.54, 1.807) is 0 Å². The third-order valence-corrected chi connectivity index (χ3v) is 0.0417. The minimum Gasteiger partial charge on any atom is -0.221 e. The lowest BCUT2D eigenvalue weighted by molar-refractivity contribution is 0.552. The normalized spacial score (nSPS) is 3.00. The summed E-state index contributed by atoms with van der Waals surface area (Å²) in [6.07, 6.45) is 0. The average molecular weight is 56.0 g/mol. The van der Waals surface area contributed by atoms with E-state index in [-0.39, 0.29) is 0 Å². The van der Waals surface area contributed by atoms with Crippen LogP contribution in [0.4, 0.5) is 0 Å². The predicted molar refractivity (Wildman–Crippen MR) is 11.4 cm³/mol. The summed E-state index contributed by atoms with van der Waals surface area (Å²) in [6.45, 7) is 0. The fourth-order valence-corrected chi connectivity index (χ4v) is 0. The summed E-state index contributed by atoms with van der Waals surface area (Å²) >= 11 is 0. The number of carbonyl (C=O) groups excluding carboxylic acids is 2. The largest absolute Gasteiger partial charge is 0.221 e. The summed E-state index contributed by atoms with van der Waals surface area (Å²) in [7, 11) is 0. The van der Waals surface area contributed by atoms with Gasteiger partial charge in [0.1, 0.15) is 0 Å². The summed E-state index contributed by atoms with van der Waals surface area (Å²) in [4.78, 5) is 17.2. The van der Waals surface area contributed by atoms with Gasteiger partial charge in [-0.1, -0.05) is 0 Å². The van der Waals surface area contributed by atoms with Gasteiger partial charge in [0.25, 0.3) is 0 Å². The molecule has 0 aromatic carbocycles. The van der Waals surface area contributed by atoms with E-state index in [0.717, 1.165) is 11.9 Å². The standard InChI is InChI=1S/C2O2/c3-1-2-4. The van der Waals surface area contributed by atoms with Crippen molar-refractivity contribution in [3.8, 4) is 0 Å². The van der Waals surface area contributed by atoms with Gasteiger partial charge in [0.2, 0.25) is 11.9 Å². The van der Waals surface area contributed by atoms with E-state index in [0.29, 0.717) is 0 Å². The van der Waals surface area contributed by atoms with Crippen LogP contribution in [0.15, 0.2) is 0 Å². The summed E-state index contributed by atoms with van der Waals surface area (Å²) in [5, 5.41) is 0. The van der Waals surface area contributed by atoms with Gasteiger partial charge >= 0.3 is 0 Å². The van der Waals surface area contributed by atoms with Crippen molar-refractivity contribution in [1.29, 1.82) is 0 Å². The van der Waals surface area contributed by atoms with E-state index < -0.39 is 0 Å². The van der Waals surface area contributed by atoms with E-state index in [1.165, 1.54) is 0 Å². The first-order valence-corrected chi connectivity index (χ1v) is 0.658. The van der Waals surface area contributed by atoms with Gasteiger partial charge in [0.15, 0.2) is 0 Å². The van der Waals surface area contributed by atoms with Crippen LogP contribution in [0.1, 0.15) is 0 Å². The van der Waals surface area contributed by atoms with Gasteiger partial charge in [-0.25, -0.2) is 9.59 Å². The van der Waals surface area contributed by atoms with Crippen molar-refractivity contribution < 1.29 is 9.59 Å². The number of hydrogen-bond acceptors (Lipinski definition) is 2. The SMILES string of the molecule is O=C=C=O. The highest BCUT2D eigenvalue weighted by Crippen LogP contribution is 0.915. The lowest BCUT2D eigenvalue weighted by Crippen LogP contribution is -1.38. The zero-order chi connectivity index (χ0) is 3.41. The Labute approximate surface area is 22.7 Å². The van der Waals surface area contributed by atoms with Crippen LogP contribution in [0.3, 0.4) is 0 Å². The molecule has 0 aromatic heterocycles. The van der Waals surface area contributed by atoms with Gasteiger partial charge in [-0.3, -0.25) is 0 Å². The Morgan fingerprint density at radius 3 is 1.25 bits per heavy atom. The molecule has 0 bridgehead atoms. The van der Waals surface area contributed by atoms with Gasteiger partial charge in [0, 0.05) is 0 Å². The highest BCUT2D eigenvalue weighted by atomic mass is 16.1. The zero-order valence-corrected chi connectivity index (χ0v) is 1.82. The molecule has 0 radical (unpaired) electrons. The summed E-state index contributed by atoms with van der Waals surface area (Å²) in [6, 6.07) is 0. The third kappa shape index (κ3) is 1.16. The second-order valence-electron chi connectivity index (χ2n) is 0.204. The first-order valence-electron chi connectivity index (χ1n) is 0.658. The van der Waals surface area contributed by atoms with Crippen molar-refractivity contribution in [2.75, 3.05) is 0 Å². The van der Waals surface area contributed by atoms with Gasteiger partial charge in [-0.15, -0.1) is 0 Å². The Kier molecular flexibility index (Phi) is 1.71. The van der Waals surface area contributed by atoms with Crippen LogP contribution in [-0.2, 0) is 9.59 Å².